The number of benzene rings is 1. The molecule has 6 nitrogen and oxygen atoms in total. The van der Waals surface area contributed by atoms with Crippen LogP contribution < -0.4 is 0 Å². The summed E-state index contributed by atoms with van der Waals surface area (Å²) in [7, 11) is -3.93. The minimum absolute atomic E-state index is 0.0571. The Balaban J connectivity index is 3.30. The lowest BCUT2D eigenvalue weighted by atomic mass is 10.2. The topological polar surface area (TPSA) is 98.5 Å². The summed E-state index contributed by atoms with van der Waals surface area (Å²) in [5.41, 5.74) is 0.304. The molecular formula is C12H13BrN2O4S. The maximum absolute atomic E-state index is 12.4. The van der Waals surface area contributed by atoms with Crippen LogP contribution in [0.4, 0.5) is 0 Å². The Morgan fingerprint density at radius 3 is 2.50 bits per heavy atom. The van der Waals surface area contributed by atoms with Crippen molar-refractivity contribution in [3.63, 3.8) is 0 Å². The van der Waals surface area contributed by atoms with Gasteiger partial charge < -0.3 is 5.11 Å². The lowest BCUT2D eigenvalue weighted by molar-refractivity contribution is -0.137. The quantitative estimate of drug-likeness (QED) is 0.862. The van der Waals surface area contributed by atoms with Crippen LogP contribution in [-0.4, -0.2) is 36.4 Å². The molecule has 0 fully saturated rings. The molecule has 0 unspecified atom stereocenters. The first-order chi connectivity index (χ1) is 9.20. The molecule has 0 heterocycles. The van der Waals surface area contributed by atoms with Crippen LogP contribution in [0.1, 0.15) is 19.4 Å². The zero-order chi connectivity index (χ0) is 15.5. The van der Waals surface area contributed by atoms with Gasteiger partial charge in [-0.15, -0.1) is 0 Å². The highest BCUT2D eigenvalue weighted by Gasteiger charge is 2.29. The zero-order valence-corrected chi connectivity index (χ0v) is 13.3. The van der Waals surface area contributed by atoms with Crippen LogP contribution in [0.2, 0.25) is 0 Å². The van der Waals surface area contributed by atoms with E-state index >= 15 is 0 Å². The summed E-state index contributed by atoms with van der Waals surface area (Å²) in [4.78, 5) is 10.7. The Bertz CT molecular complexity index is 665. The third-order valence-electron chi connectivity index (χ3n) is 2.53. The van der Waals surface area contributed by atoms with Gasteiger partial charge in [0.2, 0.25) is 10.0 Å². The molecule has 0 atom stereocenters. The van der Waals surface area contributed by atoms with Crippen LogP contribution in [0.3, 0.4) is 0 Å². The molecule has 0 saturated carbocycles. The Kier molecular flexibility index (Phi) is 5.28. The Labute approximate surface area is 125 Å². The Morgan fingerprint density at radius 1 is 1.50 bits per heavy atom. The minimum atomic E-state index is -3.93. The largest absolute Gasteiger partial charge is 0.480 e. The van der Waals surface area contributed by atoms with Gasteiger partial charge in [-0.2, -0.15) is 9.57 Å². The number of aliphatic carboxylic acids is 1. The van der Waals surface area contributed by atoms with Crippen molar-refractivity contribution in [3.05, 3.63) is 28.2 Å². The number of carbonyl (C=O) groups is 1. The average molecular weight is 361 g/mol. The van der Waals surface area contributed by atoms with Crippen molar-refractivity contribution in [2.24, 2.45) is 0 Å². The van der Waals surface area contributed by atoms with Gasteiger partial charge in [0.25, 0.3) is 0 Å². The van der Waals surface area contributed by atoms with Gasteiger partial charge in [-0.1, -0.05) is 0 Å². The van der Waals surface area contributed by atoms with E-state index in [-0.39, 0.29) is 4.90 Å². The summed E-state index contributed by atoms with van der Waals surface area (Å²) < 4.78 is 26.1. The van der Waals surface area contributed by atoms with Gasteiger partial charge in [0.05, 0.1) is 10.5 Å². The molecular weight excluding hydrogens is 348 g/mol. The number of carboxylic acids is 1. The molecule has 0 aliphatic carbocycles. The molecule has 0 aliphatic rings. The maximum Gasteiger partial charge on any atom is 0.318 e. The van der Waals surface area contributed by atoms with Crippen molar-refractivity contribution in [1.82, 2.24) is 4.31 Å². The van der Waals surface area contributed by atoms with Crippen LogP contribution in [0, 0.1) is 11.3 Å². The Morgan fingerprint density at radius 2 is 2.10 bits per heavy atom. The number of sulfonamides is 1. The van der Waals surface area contributed by atoms with Gasteiger partial charge in [-0.25, -0.2) is 8.42 Å². The van der Waals surface area contributed by atoms with E-state index in [1.165, 1.54) is 18.2 Å². The molecule has 108 valence electrons. The second-order valence-corrected chi connectivity index (χ2v) is 7.04. The van der Waals surface area contributed by atoms with E-state index in [1.54, 1.807) is 13.8 Å². The van der Waals surface area contributed by atoms with Crippen LogP contribution in [0.25, 0.3) is 0 Å². The second-order valence-electron chi connectivity index (χ2n) is 4.29. The molecule has 0 radical (unpaired) electrons. The van der Waals surface area contributed by atoms with E-state index in [0.717, 1.165) is 4.31 Å². The number of hydrogen-bond acceptors (Lipinski definition) is 4. The van der Waals surface area contributed by atoms with Crippen molar-refractivity contribution in [1.29, 1.82) is 5.26 Å². The van der Waals surface area contributed by atoms with Crippen molar-refractivity contribution >= 4 is 31.9 Å². The number of halogens is 1. The molecule has 1 N–H and O–H groups in total. The standard InChI is InChI=1S/C12H13BrN2O4S/c1-8(2)15(7-12(16)17)20(18,19)10-4-3-9(6-14)11(13)5-10/h3-5,8H,7H2,1-2H3,(H,16,17). The van der Waals surface area contributed by atoms with Crippen LogP contribution in [0.15, 0.2) is 27.6 Å². The van der Waals surface area contributed by atoms with E-state index in [0.29, 0.717) is 10.0 Å². The van der Waals surface area contributed by atoms with Crippen molar-refractivity contribution in [2.75, 3.05) is 6.54 Å². The molecule has 0 spiro atoms. The first-order valence-electron chi connectivity index (χ1n) is 5.63. The fourth-order valence-corrected chi connectivity index (χ4v) is 3.79. The molecule has 8 heteroatoms. The molecule has 1 aromatic rings. The highest BCUT2D eigenvalue weighted by Crippen LogP contribution is 2.24. The molecule has 0 amide bonds. The lowest BCUT2D eigenvalue weighted by Crippen LogP contribution is -2.40. The van der Waals surface area contributed by atoms with Crippen LogP contribution >= 0.6 is 15.9 Å². The van der Waals surface area contributed by atoms with E-state index in [1.807, 2.05) is 6.07 Å². The molecule has 0 aliphatic heterocycles. The highest BCUT2D eigenvalue weighted by molar-refractivity contribution is 9.10. The lowest BCUT2D eigenvalue weighted by Gasteiger charge is -2.24. The molecule has 1 aromatic carbocycles. The van der Waals surface area contributed by atoms with Crippen LogP contribution in [-0.2, 0) is 14.8 Å². The highest BCUT2D eigenvalue weighted by atomic mass is 79.9. The smallest absolute Gasteiger partial charge is 0.318 e. The van der Waals surface area contributed by atoms with E-state index in [4.69, 9.17) is 10.4 Å². The van der Waals surface area contributed by atoms with Crippen molar-refractivity contribution < 1.29 is 18.3 Å². The molecule has 0 saturated heterocycles. The van der Waals surface area contributed by atoms with Gasteiger partial charge in [-0.3, -0.25) is 4.79 Å². The minimum Gasteiger partial charge on any atom is -0.480 e. The number of nitrogens with zero attached hydrogens (tertiary/aromatic N) is 2. The second kappa shape index (κ2) is 6.35. The maximum atomic E-state index is 12.4. The number of carboxylic acid groups (broad SMARTS) is 1. The van der Waals surface area contributed by atoms with Gasteiger partial charge in [0.15, 0.2) is 0 Å². The molecule has 20 heavy (non-hydrogen) atoms. The number of hydrogen-bond donors (Lipinski definition) is 1. The third kappa shape index (κ3) is 3.56. The predicted octanol–water partition coefficient (Wildman–Crippen LogP) is 1.80. The summed E-state index contributed by atoms with van der Waals surface area (Å²) >= 11 is 3.11. The van der Waals surface area contributed by atoms with E-state index in [2.05, 4.69) is 15.9 Å². The number of rotatable bonds is 5. The summed E-state index contributed by atoms with van der Waals surface area (Å²) in [6, 6.07) is 5.37. The normalized spacial score (nSPS) is 11.6. The molecule has 1 rings (SSSR count). The zero-order valence-electron chi connectivity index (χ0n) is 10.9. The first kappa shape index (κ1) is 16.6. The average Bonchev–Trinajstić information content (AvgIpc) is 2.35. The van der Waals surface area contributed by atoms with E-state index < -0.39 is 28.6 Å². The summed E-state index contributed by atoms with van der Waals surface area (Å²) in [5.74, 6) is -1.23. The monoisotopic (exact) mass is 360 g/mol. The third-order valence-corrected chi connectivity index (χ3v) is 5.21. The fourth-order valence-electron chi connectivity index (χ4n) is 1.56. The van der Waals surface area contributed by atoms with Gasteiger partial charge in [0, 0.05) is 10.5 Å². The Hall–Kier alpha value is -1.43. The van der Waals surface area contributed by atoms with Gasteiger partial charge in [0.1, 0.15) is 12.6 Å². The summed E-state index contributed by atoms with van der Waals surface area (Å²) in [6.45, 7) is 2.58. The van der Waals surface area contributed by atoms with E-state index in [9.17, 15) is 13.2 Å². The summed E-state index contributed by atoms with van der Waals surface area (Å²) in [5, 5.41) is 17.6. The fraction of sp³-hybridized carbons (Fsp3) is 0.333. The van der Waals surface area contributed by atoms with Crippen molar-refractivity contribution in [3.8, 4) is 6.07 Å². The first-order valence-corrected chi connectivity index (χ1v) is 7.86. The SMILES string of the molecule is CC(C)N(CC(=O)O)S(=O)(=O)c1ccc(C#N)c(Br)c1. The van der Waals surface area contributed by atoms with Gasteiger partial charge in [-0.05, 0) is 48.0 Å². The predicted molar refractivity (Wildman–Crippen MR) is 75.5 cm³/mol. The van der Waals surface area contributed by atoms with Gasteiger partial charge >= 0.3 is 5.97 Å². The molecule has 0 aromatic heterocycles. The molecule has 0 bridgehead atoms. The number of nitriles is 1. The van der Waals surface area contributed by atoms with Crippen molar-refractivity contribution in [2.45, 2.75) is 24.8 Å². The summed E-state index contributed by atoms with van der Waals surface area (Å²) in [6.07, 6.45) is 0. The van der Waals surface area contributed by atoms with Crippen LogP contribution in [0.5, 0.6) is 0 Å².